The Hall–Kier alpha value is -0.460. The van der Waals surface area contributed by atoms with E-state index in [2.05, 4.69) is 28.6 Å². The third kappa shape index (κ3) is 9.78. The highest BCUT2D eigenvalue weighted by atomic mass is 32.1. The molecule has 10 heteroatoms. The molecular weight excluding hydrogens is 426 g/mol. The first-order chi connectivity index (χ1) is 14.0. The zero-order valence-corrected chi connectivity index (χ0v) is 19.7. The lowest BCUT2D eigenvalue weighted by molar-refractivity contribution is -0.0531. The third-order valence-corrected chi connectivity index (χ3v) is 5.72. The summed E-state index contributed by atoms with van der Waals surface area (Å²) in [7, 11) is 0. The van der Waals surface area contributed by atoms with Gasteiger partial charge in [0.25, 0.3) is 0 Å². The molecule has 0 aromatic carbocycles. The van der Waals surface area contributed by atoms with Crippen molar-refractivity contribution >= 4 is 30.0 Å². The number of thiol groups is 1. The van der Waals surface area contributed by atoms with E-state index in [-0.39, 0.29) is 24.3 Å². The van der Waals surface area contributed by atoms with Gasteiger partial charge in [0.15, 0.2) is 5.11 Å². The summed E-state index contributed by atoms with van der Waals surface area (Å²) in [6.45, 7) is 6.06. The molecule has 9 atom stereocenters. The van der Waals surface area contributed by atoms with Gasteiger partial charge < -0.3 is 41.5 Å². The van der Waals surface area contributed by atoms with Crippen molar-refractivity contribution in [3.63, 3.8) is 0 Å². The van der Waals surface area contributed by atoms with Gasteiger partial charge in [0.2, 0.25) is 0 Å². The van der Waals surface area contributed by atoms with E-state index >= 15 is 0 Å². The molecular formula is C20H39N3O5S2. The van der Waals surface area contributed by atoms with Crippen LogP contribution in [-0.4, -0.2) is 91.1 Å². The lowest BCUT2D eigenvalue weighted by Crippen LogP contribution is -2.57. The van der Waals surface area contributed by atoms with Crippen molar-refractivity contribution in [1.82, 2.24) is 16.0 Å². The van der Waals surface area contributed by atoms with Crippen LogP contribution in [0.15, 0.2) is 12.2 Å². The predicted molar refractivity (Wildman–Crippen MR) is 126 cm³/mol. The highest BCUT2D eigenvalue weighted by Crippen LogP contribution is 2.15. The van der Waals surface area contributed by atoms with Crippen LogP contribution < -0.4 is 16.0 Å². The van der Waals surface area contributed by atoms with Gasteiger partial charge in [0.05, 0.1) is 24.4 Å². The second-order valence-corrected chi connectivity index (χ2v) is 9.52. The molecule has 8 nitrogen and oxygen atoms in total. The van der Waals surface area contributed by atoms with Crippen LogP contribution in [0.4, 0.5) is 0 Å². The van der Waals surface area contributed by atoms with E-state index in [0.29, 0.717) is 18.0 Å². The summed E-state index contributed by atoms with van der Waals surface area (Å²) in [5, 5.41) is 60.7. The monoisotopic (exact) mass is 465 g/mol. The Kier molecular flexibility index (Phi) is 12.7. The minimum Gasteiger partial charge on any atom is -0.393 e. The quantitative estimate of drug-likeness (QED) is 0.112. The zero-order valence-electron chi connectivity index (χ0n) is 18.0. The maximum Gasteiger partial charge on any atom is 0.166 e. The Morgan fingerprint density at radius 3 is 2.40 bits per heavy atom. The first-order valence-electron chi connectivity index (χ1n) is 10.6. The SMILES string of the molecule is CCC(O)CC(O)C(CNC1CC=CC(O)C(O)C1O)NC(=S)NC(C)CC(C)S. The smallest absolute Gasteiger partial charge is 0.166 e. The van der Waals surface area contributed by atoms with Gasteiger partial charge in [-0.1, -0.05) is 26.0 Å². The fourth-order valence-electron chi connectivity index (χ4n) is 3.44. The van der Waals surface area contributed by atoms with Crippen molar-refractivity contribution in [1.29, 1.82) is 0 Å². The predicted octanol–water partition coefficient (Wildman–Crippen LogP) is -0.561. The van der Waals surface area contributed by atoms with Crippen LogP contribution in [0, 0.1) is 0 Å². The lowest BCUT2D eigenvalue weighted by Gasteiger charge is -2.32. The normalized spacial score (nSPS) is 29.4. The van der Waals surface area contributed by atoms with Gasteiger partial charge in [-0.25, -0.2) is 0 Å². The van der Waals surface area contributed by atoms with Gasteiger partial charge in [0, 0.05) is 30.3 Å². The summed E-state index contributed by atoms with van der Waals surface area (Å²) in [6.07, 6.45) is -0.0436. The average molecular weight is 466 g/mol. The summed E-state index contributed by atoms with van der Waals surface area (Å²) in [4.78, 5) is 0. The van der Waals surface area contributed by atoms with Crippen LogP contribution >= 0.6 is 24.8 Å². The van der Waals surface area contributed by atoms with Crippen LogP contribution in [0.5, 0.6) is 0 Å². The maximum atomic E-state index is 10.7. The largest absolute Gasteiger partial charge is 0.393 e. The molecule has 176 valence electrons. The molecule has 0 aliphatic heterocycles. The van der Waals surface area contributed by atoms with Gasteiger partial charge >= 0.3 is 0 Å². The fourth-order valence-corrected chi connectivity index (χ4v) is 4.11. The van der Waals surface area contributed by atoms with Crippen molar-refractivity contribution in [2.45, 2.75) is 100 Å². The fraction of sp³-hybridized carbons (Fsp3) is 0.850. The topological polar surface area (TPSA) is 137 Å². The number of nitrogens with one attached hydrogen (secondary N) is 3. The van der Waals surface area contributed by atoms with Gasteiger partial charge in [-0.3, -0.25) is 0 Å². The number of hydrogen-bond acceptors (Lipinski definition) is 8. The van der Waals surface area contributed by atoms with Crippen molar-refractivity contribution in [2.75, 3.05) is 6.54 Å². The maximum absolute atomic E-state index is 10.7. The Morgan fingerprint density at radius 1 is 1.13 bits per heavy atom. The summed E-state index contributed by atoms with van der Waals surface area (Å²) in [5.41, 5.74) is 0. The summed E-state index contributed by atoms with van der Waals surface area (Å²) in [6, 6.07) is -0.949. The molecule has 0 bridgehead atoms. The molecule has 0 radical (unpaired) electrons. The molecule has 30 heavy (non-hydrogen) atoms. The molecule has 0 spiro atoms. The Balaban J connectivity index is 2.75. The molecule has 1 aliphatic rings. The van der Waals surface area contributed by atoms with Crippen molar-refractivity contribution < 1.29 is 25.5 Å². The van der Waals surface area contributed by atoms with Crippen LogP contribution in [0.3, 0.4) is 0 Å². The van der Waals surface area contributed by atoms with Crippen LogP contribution in [0.25, 0.3) is 0 Å². The molecule has 0 saturated carbocycles. The second-order valence-electron chi connectivity index (χ2n) is 8.23. The summed E-state index contributed by atoms with van der Waals surface area (Å²) < 4.78 is 0. The highest BCUT2D eigenvalue weighted by molar-refractivity contribution is 7.81. The van der Waals surface area contributed by atoms with Crippen LogP contribution in [0.2, 0.25) is 0 Å². The molecule has 1 rings (SSSR count). The molecule has 1 aliphatic carbocycles. The van der Waals surface area contributed by atoms with E-state index in [0.717, 1.165) is 6.42 Å². The number of thiocarbonyl (C=S) groups is 1. The Bertz CT molecular complexity index is 541. The van der Waals surface area contributed by atoms with E-state index in [1.807, 2.05) is 20.8 Å². The number of aliphatic hydroxyl groups excluding tert-OH is 5. The van der Waals surface area contributed by atoms with Crippen molar-refractivity contribution in [3.8, 4) is 0 Å². The summed E-state index contributed by atoms with van der Waals surface area (Å²) >= 11 is 9.77. The number of rotatable bonds is 11. The van der Waals surface area contributed by atoms with E-state index in [9.17, 15) is 25.5 Å². The molecule has 0 amide bonds. The van der Waals surface area contributed by atoms with Crippen molar-refractivity contribution in [3.05, 3.63) is 12.2 Å². The van der Waals surface area contributed by atoms with Gasteiger partial charge in [-0.15, -0.1) is 0 Å². The van der Waals surface area contributed by atoms with Crippen molar-refractivity contribution in [2.24, 2.45) is 0 Å². The third-order valence-electron chi connectivity index (χ3n) is 5.27. The Labute approximate surface area is 190 Å². The summed E-state index contributed by atoms with van der Waals surface area (Å²) in [5.74, 6) is 0. The average Bonchev–Trinajstić information content (AvgIpc) is 2.77. The first kappa shape index (κ1) is 27.6. The van der Waals surface area contributed by atoms with Gasteiger partial charge in [0.1, 0.15) is 12.2 Å². The van der Waals surface area contributed by atoms with Gasteiger partial charge in [-0.05, 0) is 38.4 Å². The van der Waals surface area contributed by atoms with Crippen LogP contribution in [-0.2, 0) is 0 Å². The number of hydrogen-bond donors (Lipinski definition) is 9. The minimum atomic E-state index is -1.30. The standard InChI is InChI=1S/C20H39N3O5S2/c1-4-13(24)9-17(26)15(23-20(30)22-11(2)8-12(3)29)10-21-14-6-5-7-16(25)19(28)18(14)27/h5,7,11-19,21,24-29H,4,6,8-10H2,1-3H3,(H2,22,23,30). The zero-order chi connectivity index (χ0) is 22.8. The molecule has 0 fully saturated rings. The molecule has 0 aromatic heterocycles. The second kappa shape index (κ2) is 13.8. The highest BCUT2D eigenvalue weighted by Gasteiger charge is 2.33. The van der Waals surface area contributed by atoms with E-state index in [4.69, 9.17) is 12.2 Å². The number of aliphatic hydroxyl groups is 5. The molecule has 9 unspecified atom stereocenters. The van der Waals surface area contributed by atoms with Gasteiger partial charge in [-0.2, -0.15) is 12.6 Å². The molecule has 8 N–H and O–H groups in total. The van der Waals surface area contributed by atoms with E-state index < -0.39 is 42.6 Å². The molecule has 0 aromatic rings. The lowest BCUT2D eigenvalue weighted by atomic mass is 10.00. The van der Waals surface area contributed by atoms with E-state index in [1.165, 1.54) is 6.08 Å². The van der Waals surface area contributed by atoms with Crippen LogP contribution in [0.1, 0.15) is 46.5 Å². The minimum absolute atomic E-state index is 0.0925. The van der Waals surface area contributed by atoms with E-state index in [1.54, 1.807) is 6.08 Å². The Morgan fingerprint density at radius 2 is 1.80 bits per heavy atom. The molecule has 0 heterocycles. The molecule has 0 saturated heterocycles. The first-order valence-corrected chi connectivity index (χ1v) is 11.5.